The highest BCUT2D eigenvalue weighted by Gasteiger charge is 2.13. The summed E-state index contributed by atoms with van der Waals surface area (Å²) < 4.78 is 1.61. The molecule has 1 aromatic carbocycles. The summed E-state index contributed by atoms with van der Waals surface area (Å²) in [4.78, 5) is 0. The van der Waals surface area contributed by atoms with Gasteiger partial charge in [0.15, 0.2) is 0 Å². The van der Waals surface area contributed by atoms with Crippen molar-refractivity contribution in [3.8, 4) is 5.69 Å². The predicted molar refractivity (Wildman–Crippen MR) is 78.0 cm³/mol. The van der Waals surface area contributed by atoms with E-state index in [0.717, 1.165) is 24.1 Å². The van der Waals surface area contributed by atoms with Gasteiger partial charge in [0.05, 0.1) is 28.6 Å². The summed E-state index contributed by atoms with van der Waals surface area (Å²) in [7, 11) is 0. The van der Waals surface area contributed by atoms with Crippen LogP contribution in [0.3, 0.4) is 0 Å². The van der Waals surface area contributed by atoms with Crippen LogP contribution in [-0.4, -0.2) is 15.0 Å². The Hall–Kier alpha value is -1.10. The zero-order valence-corrected chi connectivity index (χ0v) is 12.4. The maximum Gasteiger partial charge on any atom is 0.0998 e. The van der Waals surface area contributed by atoms with Crippen LogP contribution in [-0.2, 0) is 0 Å². The van der Waals surface area contributed by atoms with Gasteiger partial charge in [-0.25, -0.2) is 4.68 Å². The van der Waals surface area contributed by atoms with E-state index in [1.54, 1.807) is 16.9 Å². The third kappa shape index (κ3) is 3.08. The summed E-state index contributed by atoms with van der Waals surface area (Å²) in [5.74, 6) is 0. The van der Waals surface area contributed by atoms with Gasteiger partial charge >= 0.3 is 0 Å². The Morgan fingerprint density at radius 1 is 1.32 bits per heavy atom. The number of hydrogen-bond donors (Lipinski definition) is 1. The van der Waals surface area contributed by atoms with Gasteiger partial charge in [0, 0.05) is 5.02 Å². The first-order valence-electron chi connectivity index (χ1n) is 6.16. The third-order valence-corrected chi connectivity index (χ3v) is 3.68. The lowest BCUT2D eigenvalue weighted by Gasteiger charge is -2.07. The van der Waals surface area contributed by atoms with Gasteiger partial charge in [-0.1, -0.05) is 41.8 Å². The van der Waals surface area contributed by atoms with Crippen LogP contribution in [0.15, 0.2) is 18.3 Å². The summed E-state index contributed by atoms with van der Waals surface area (Å²) in [6, 6.07) is 3.49. The number of rotatable bonds is 4. The lowest BCUT2D eigenvalue weighted by atomic mass is 10.1. The van der Waals surface area contributed by atoms with Crippen LogP contribution in [0, 0.1) is 6.92 Å². The summed E-state index contributed by atoms with van der Waals surface area (Å²) in [6.07, 6.45) is 3.68. The molecule has 2 aromatic rings. The molecular formula is C13H16Cl2N4. The second-order valence-electron chi connectivity index (χ2n) is 4.54. The van der Waals surface area contributed by atoms with E-state index in [9.17, 15) is 0 Å². The number of nitrogens with two attached hydrogens (primary N) is 1. The predicted octanol–water partition coefficient (Wildman–Crippen LogP) is 3.68. The molecule has 0 aliphatic rings. The molecule has 102 valence electrons. The van der Waals surface area contributed by atoms with E-state index in [1.807, 2.05) is 13.0 Å². The molecule has 0 aliphatic carbocycles. The van der Waals surface area contributed by atoms with Gasteiger partial charge in [-0.3, -0.25) is 0 Å². The van der Waals surface area contributed by atoms with E-state index in [2.05, 4.69) is 17.2 Å². The number of halogens is 2. The molecule has 0 radical (unpaired) electrons. The van der Waals surface area contributed by atoms with Crippen molar-refractivity contribution in [3.05, 3.63) is 39.6 Å². The molecule has 2 rings (SSSR count). The van der Waals surface area contributed by atoms with Crippen LogP contribution in [0.1, 0.15) is 37.1 Å². The highest BCUT2D eigenvalue weighted by atomic mass is 35.5. The number of aromatic nitrogens is 3. The topological polar surface area (TPSA) is 56.7 Å². The van der Waals surface area contributed by atoms with Crippen LogP contribution >= 0.6 is 23.2 Å². The summed E-state index contributed by atoms with van der Waals surface area (Å²) >= 11 is 12.3. The minimum absolute atomic E-state index is 0.0987. The molecule has 0 fully saturated rings. The van der Waals surface area contributed by atoms with E-state index >= 15 is 0 Å². The van der Waals surface area contributed by atoms with Crippen molar-refractivity contribution >= 4 is 23.2 Å². The second kappa shape index (κ2) is 5.90. The van der Waals surface area contributed by atoms with Crippen molar-refractivity contribution in [3.63, 3.8) is 0 Å². The normalized spacial score (nSPS) is 12.7. The molecule has 0 saturated carbocycles. The number of benzene rings is 1. The lowest BCUT2D eigenvalue weighted by Crippen LogP contribution is -2.10. The fourth-order valence-electron chi connectivity index (χ4n) is 1.83. The fourth-order valence-corrected chi connectivity index (χ4v) is 2.30. The minimum atomic E-state index is -0.0987. The molecule has 19 heavy (non-hydrogen) atoms. The highest BCUT2D eigenvalue weighted by molar-refractivity contribution is 6.35. The highest BCUT2D eigenvalue weighted by Crippen LogP contribution is 2.27. The minimum Gasteiger partial charge on any atom is -0.323 e. The fraction of sp³-hybridized carbons (Fsp3) is 0.385. The molecule has 2 N–H and O–H groups in total. The molecule has 0 amide bonds. The van der Waals surface area contributed by atoms with Gasteiger partial charge in [-0.15, -0.1) is 5.10 Å². The summed E-state index contributed by atoms with van der Waals surface area (Å²) in [5, 5.41) is 9.39. The Morgan fingerprint density at radius 3 is 2.74 bits per heavy atom. The van der Waals surface area contributed by atoms with Crippen LogP contribution in [0.5, 0.6) is 0 Å². The van der Waals surface area contributed by atoms with Gasteiger partial charge < -0.3 is 5.73 Å². The zero-order chi connectivity index (χ0) is 14.0. The van der Waals surface area contributed by atoms with Crippen molar-refractivity contribution in [2.24, 2.45) is 5.73 Å². The van der Waals surface area contributed by atoms with Gasteiger partial charge in [-0.2, -0.15) is 0 Å². The van der Waals surface area contributed by atoms with E-state index in [1.165, 1.54) is 0 Å². The molecule has 0 saturated heterocycles. The maximum absolute atomic E-state index is 6.21. The van der Waals surface area contributed by atoms with Crippen LogP contribution in [0.2, 0.25) is 10.0 Å². The van der Waals surface area contributed by atoms with Gasteiger partial charge in [0.1, 0.15) is 0 Å². The SMILES string of the molecule is CCCC(N)c1cn(-c2cc(Cl)c(C)cc2Cl)nn1. The number of hydrogen-bond acceptors (Lipinski definition) is 3. The summed E-state index contributed by atoms with van der Waals surface area (Å²) in [5.41, 5.74) is 8.41. The third-order valence-electron chi connectivity index (χ3n) is 2.97. The molecule has 1 atom stereocenters. The maximum atomic E-state index is 6.21. The quantitative estimate of drug-likeness (QED) is 0.937. The Balaban J connectivity index is 2.35. The van der Waals surface area contributed by atoms with E-state index in [-0.39, 0.29) is 6.04 Å². The monoisotopic (exact) mass is 298 g/mol. The largest absolute Gasteiger partial charge is 0.323 e. The van der Waals surface area contributed by atoms with Crippen molar-refractivity contribution in [1.82, 2.24) is 15.0 Å². The van der Waals surface area contributed by atoms with Crippen molar-refractivity contribution in [1.29, 1.82) is 0 Å². The first-order chi connectivity index (χ1) is 9.02. The van der Waals surface area contributed by atoms with Gasteiger partial charge in [-0.05, 0) is 31.0 Å². The molecule has 1 aromatic heterocycles. The Kier molecular flexibility index (Phi) is 4.45. The average molecular weight is 299 g/mol. The molecule has 6 heteroatoms. The van der Waals surface area contributed by atoms with Crippen LogP contribution < -0.4 is 5.73 Å². The first-order valence-corrected chi connectivity index (χ1v) is 6.92. The van der Waals surface area contributed by atoms with Gasteiger partial charge in [0.2, 0.25) is 0 Å². The van der Waals surface area contributed by atoms with E-state index in [0.29, 0.717) is 15.7 Å². The smallest absolute Gasteiger partial charge is 0.0998 e. The number of nitrogens with zero attached hydrogens (tertiary/aromatic N) is 3. The molecular weight excluding hydrogens is 283 g/mol. The molecule has 1 unspecified atom stereocenters. The van der Waals surface area contributed by atoms with Crippen molar-refractivity contribution in [2.75, 3.05) is 0 Å². The van der Waals surface area contributed by atoms with Crippen molar-refractivity contribution in [2.45, 2.75) is 32.7 Å². The molecule has 0 bridgehead atoms. The molecule has 4 nitrogen and oxygen atoms in total. The zero-order valence-electron chi connectivity index (χ0n) is 10.9. The Labute approximate surface area is 122 Å². The van der Waals surface area contributed by atoms with Gasteiger partial charge in [0.25, 0.3) is 0 Å². The van der Waals surface area contributed by atoms with Crippen LogP contribution in [0.4, 0.5) is 0 Å². The Morgan fingerprint density at radius 2 is 2.05 bits per heavy atom. The second-order valence-corrected chi connectivity index (χ2v) is 5.35. The standard InChI is InChI=1S/C13H16Cl2N4/c1-3-4-11(16)12-7-19(18-17-12)13-6-9(14)8(2)5-10(13)15/h5-7,11H,3-4,16H2,1-2H3. The summed E-state index contributed by atoms with van der Waals surface area (Å²) in [6.45, 7) is 3.99. The molecule has 1 heterocycles. The molecule has 0 aliphatic heterocycles. The average Bonchev–Trinajstić information content (AvgIpc) is 2.83. The van der Waals surface area contributed by atoms with Crippen LogP contribution in [0.25, 0.3) is 5.69 Å². The van der Waals surface area contributed by atoms with E-state index < -0.39 is 0 Å². The van der Waals surface area contributed by atoms with Crippen molar-refractivity contribution < 1.29 is 0 Å². The number of aryl methyl sites for hydroxylation is 1. The first kappa shape index (κ1) is 14.3. The molecule has 0 spiro atoms. The Bertz CT molecular complexity index is 580. The lowest BCUT2D eigenvalue weighted by molar-refractivity contribution is 0.619. The van der Waals surface area contributed by atoms with E-state index in [4.69, 9.17) is 28.9 Å².